The molecule has 5 rings (SSSR count). The molecule has 0 saturated heterocycles. The van der Waals surface area contributed by atoms with Crippen LogP contribution in [0.4, 0.5) is 10.2 Å². The molecule has 4 aromatic rings. The molecule has 4 nitrogen and oxygen atoms in total. The van der Waals surface area contributed by atoms with Crippen LogP contribution in [-0.4, -0.2) is 15.3 Å². The van der Waals surface area contributed by atoms with Gasteiger partial charge in [0.25, 0.3) is 0 Å². The van der Waals surface area contributed by atoms with Crippen molar-refractivity contribution in [2.75, 3.05) is 5.32 Å². The van der Waals surface area contributed by atoms with E-state index in [0.717, 1.165) is 23.2 Å². The number of halogens is 1. The third-order valence-corrected chi connectivity index (χ3v) is 5.50. The molecule has 1 N–H and O–H groups in total. The fourth-order valence-electron chi connectivity index (χ4n) is 3.84. The van der Waals surface area contributed by atoms with Gasteiger partial charge in [-0.15, -0.1) is 0 Å². The maximum atomic E-state index is 13.4. The van der Waals surface area contributed by atoms with Crippen molar-refractivity contribution in [3.05, 3.63) is 89.9 Å². The molecule has 0 bridgehead atoms. The molecule has 144 valence electrons. The van der Waals surface area contributed by atoms with E-state index in [9.17, 15) is 9.18 Å². The first-order valence-electron chi connectivity index (χ1n) is 9.70. The Balaban J connectivity index is 1.49. The van der Waals surface area contributed by atoms with Crippen molar-refractivity contribution in [1.82, 2.24) is 9.38 Å². The third kappa shape index (κ3) is 3.29. The van der Waals surface area contributed by atoms with E-state index < -0.39 is 0 Å². The maximum Gasteiger partial charge on any atom is 0.229 e. The van der Waals surface area contributed by atoms with Gasteiger partial charge >= 0.3 is 0 Å². The molecule has 1 saturated carbocycles. The summed E-state index contributed by atoms with van der Waals surface area (Å²) in [6.45, 7) is 2.00. The van der Waals surface area contributed by atoms with Gasteiger partial charge in [0, 0.05) is 17.7 Å². The largest absolute Gasteiger partial charge is 0.310 e. The quantitative estimate of drug-likeness (QED) is 0.525. The summed E-state index contributed by atoms with van der Waals surface area (Å²) in [5.74, 6) is 0.518. The van der Waals surface area contributed by atoms with Crippen LogP contribution in [-0.2, 0) is 4.79 Å². The number of nitrogens with zero attached hydrogens (tertiary/aromatic N) is 2. The van der Waals surface area contributed by atoms with Gasteiger partial charge in [-0.05, 0) is 66.8 Å². The minimum atomic E-state index is -0.303. The number of benzene rings is 2. The molecule has 0 aliphatic heterocycles. The summed E-state index contributed by atoms with van der Waals surface area (Å²) in [6, 6.07) is 20.2. The molecule has 2 aromatic heterocycles. The molecular weight excluding hydrogens is 365 g/mol. The van der Waals surface area contributed by atoms with Gasteiger partial charge in [-0.3, -0.25) is 9.20 Å². The van der Waals surface area contributed by atoms with Crippen molar-refractivity contribution in [2.24, 2.45) is 5.92 Å². The number of hydrogen-bond donors (Lipinski definition) is 1. The molecule has 0 unspecified atom stereocenters. The van der Waals surface area contributed by atoms with E-state index in [0.29, 0.717) is 11.5 Å². The average molecular weight is 385 g/mol. The Bertz CT molecular complexity index is 1200. The minimum absolute atomic E-state index is 0.00964. The zero-order valence-corrected chi connectivity index (χ0v) is 16.0. The summed E-state index contributed by atoms with van der Waals surface area (Å²) in [6.07, 6.45) is 2.75. The first-order valence-corrected chi connectivity index (χ1v) is 9.70. The lowest BCUT2D eigenvalue weighted by Crippen LogP contribution is -2.16. The number of carbonyl (C=O) groups excluding carboxylic acids is 1. The predicted molar refractivity (Wildman–Crippen MR) is 111 cm³/mol. The molecule has 5 heteroatoms. The van der Waals surface area contributed by atoms with Crippen molar-refractivity contribution in [3.63, 3.8) is 0 Å². The molecule has 2 heterocycles. The van der Waals surface area contributed by atoms with E-state index in [-0.39, 0.29) is 23.6 Å². The Hall–Kier alpha value is -3.47. The van der Waals surface area contributed by atoms with Crippen LogP contribution < -0.4 is 5.32 Å². The van der Waals surface area contributed by atoms with Crippen molar-refractivity contribution in [3.8, 4) is 11.3 Å². The third-order valence-electron chi connectivity index (χ3n) is 5.50. The Morgan fingerprint density at radius 3 is 2.62 bits per heavy atom. The summed E-state index contributed by atoms with van der Waals surface area (Å²) in [4.78, 5) is 17.7. The summed E-state index contributed by atoms with van der Waals surface area (Å²) in [7, 11) is 0. The number of aryl methyl sites for hydroxylation is 1. The highest BCUT2D eigenvalue weighted by Gasteiger charge is 2.44. The van der Waals surface area contributed by atoms with Crippen LogP contribution in [0.1, 0.15) is 23.5 Å². The molecular formula is C24H20FN3O. The highest BCUT2D eigenvalue weighted by Crippen LogP contribution is 2.48. The zero-order chi connectivity index (χ0) is 20.0. The second-order valence-corrected chi connectivity index (χ2v) is 7.60. The predicted octanol–water partition coefficient (Wildman–Crippen LogP) is 5.19. The van der Waals surface area contributed by atoms with Crippen LogP contribution in [0.3, 0.4) is 0 Å². The second kappa shape index (κ2) is 6.85. The van der Waals surface area contributed by atoms with Gasteiger partial charge in [-0.2, -0.15) is 0 Å². The van der Waals surface area contributed by atoms with Crippen LogP contribution in [0.25, 0.3) is 16.9 Å². The number of nitrogens with one attached hydrogen (secondary N) is 1. The van der Waals surface area contributed by atoms with Crippen LogP contribution in [0.2, 0.25) is 0 Å². The highest BCUT2D eigenvalue weighted by atomic mass is 19.1. The van der Waals surface area contributed by atoms with Crippen molar-refractivity contribution < 1.29 is 9.18 Å². The normalized spacial score (nSPS) is 18.0. The molecule has 1 aliphatic carbocycles. The van der Waals surface area contributed by atoms with Crippen LogP contribution in [0, 0.1) is 18.7 Å². The van der Waals surface area contributed by atoms with Gasteiger partial charge < -0.3 is 5.32 Å². The van der Waals surface area contributed by atoms with Crippen LogP contribution in [0.15, 0.2) is 72.9 Å². The van der Waals surface area contributed by atoms with E-state index in [1.54, 1.807) is 12.1 Å². The molecule has 29 heavy (non-hydrogen) atoms. The van der Waals surface area contributed by atoms with Crippen molar-refractivity contribution in [2.45, 2.75) is 19.3 Å². The Morgan fingerprint density at radius 2 is 1.86 bits per heavy atom. The number of aromatic nitrogens is 2. The molecule has 2 atom stereocenters. The smallest absolute Gasteiger partial charge is 0.229 e. The molecule has 0 spiro atoms. The Kier molecular flexibility index (Phi) is 4.16. The maximum absolute atomic E-state index is 13.4. The van der Waals surface area contributed by atoms with Gasteiger partial charge in [0.2, 0.25) is 5.91 Å². The fourth-order valence-corrected chi connectivity index (χ4v) is 3.84. The van der Waals surface area contributed by atoms with E-state index >= 15 is 0 Å². The lowest BCUT2D eigenvalue weighted by Gasteiger charge is -2.08. The van der Waals surface area contributed by atoms with Crippen molar-refractivity contribution >= 4 is 17.4 Å². The van der Waals surface area contributed by atoms with Gasteiger partial charge in [-0.1, -0.05) is 30.3 Å². The van der Waals surface area contributed by atoms with E-state index in [1.165, 1.54) is 17.7 Å². The summed E-state index contributed by atoms with van der Waals surface area (Å²) in [5.41, 5.74) is 4.42. The van der Waals surface area contributed by atoms with E-state index in [4.69, 9.17) is 4.98 Å². The molecule has 1 aliphatic rings. The van der Waals surface area contributed by atoms with Crippen LogP contribution in [0.5, 0.6) is 0 Å². The van der Waals surface area contributed by atoms with E-state index in [1.807, 2.05) is 47.9 Å². The number of carbonyl (C=O) groups is 1. The summed E-state index contributed by atoms with van der Waals surface area (Å²) < 4.78 is 15.3. The first kappa shape index (κ1) is 17.6. The number of pyridine rings is 1. The topological polar surface area (TPSA) is 46.4 Å². The first-order chi connectivity index (χ1) is 14.1. The fraction of sp³-hybridized carbons (Fsp3) is 0.167. The number of fused-ring (bicyclic) bond motifs is 1. The van der Waals surface area contributed by atoms with Gasteiger partial charge in [0.15, 0.2) is 0 Å². The average Bonchev–Trinajstić information content (AvgIpc) is 3.47. The summed E-state index contributed by atoms with van der Waals surface area (Å²) in [5, 5.41) is 3.10. The number of hydrogen-bond acceptors (Lipinski definition) is 2. The number of imidazole rings is 1. The van der Waals surface area contributed by atoms with Crippen LogP contribution >= 0.6 is 0 Å². The molecule has 0 radical (unpaired) electrons. The zero-order valence-electron chi connectivity index (χ0n) is 16.0. The number of anilines is 1. The molecule has 1 fully saturated rings. The lowest BCUT2D eigenvalue weighted by atomic mass is 10.1. The van der Waals surface area contributed by atoms with E-state index in [2.05, 4.69) is 17.4 Å². The standard InChI is InChI=1S/C24H20FN3O/c1-15-11-12-28-21(13-15)26-22(17-7-9-18(25)10-8-17)23(28)27-24(29)20-14-19(20)16-5-3-2-4-6-16/h2-13,19-20H,14H2,1H3,(H,27,29)/t19-,20-/m0/s1. The van der Waals surface area contributed by atoms with Gasteiger partial charge in [-0.25, -0.2) is 9.37 Å². The van der Waals surface area contributed by atoms with Gasteiger partial charge in [0.05, 0.1) is 0 Å². The Labute approximate surface area is 168 Å². The lowest BCUT2D eigenvalue weighted by molar-refractivity contribution is -0.117. The number of amides is 1. The Morgan fingerprint density at radius 1 is 1.10 bits per heavy atom. The second-order valence-electron chi connectivity index (χ2n) is 7.60. The molecule has 2 aromatic carbocycles. The minimum Gasteiger partial charge on any atom is -0.310 e. The van der Waals surface area contributed by atoms with Gasteiger partial charge in [0.1, 0.15) is 23.0 Å². The highest BCUT2D eigenvalue weighted by molar-refractivity contribution is 5.98. The van der Waals surface area contributed by atoms with Crippen molar-refractivity contribution in [1.29, 1.82) is 0 Å². The summed E-state index contributed by atoms with van der Waals surface area (Å²) >= 11 is 0. The monoisotopic (exact) mass is 385 g/mol. The molecule has 1 amide bonds. The number of rotatable bonds is 4. The SMILES string of the molecule is Cc1ccn2c(NC(=O)[C@H]3C[C@H]3c3ccccc3)c(-c3ccc(F)cc3)nc2c1.